The zero-order valence-corrected chi connectivity index (χ0v) is 32.1. The lowest BCUT2D eigenvalue weighted by molar-refractivity contribution is -0.134. The third kappa shape index (κ3) is 6.34. The van der Waals surface area contributed by atoms with E-state index in [1.165, 1.54) is 32.0 Å². The number of allylic oxidation sites excluding steroid dienone is 1. The number of methoxy groups -OCH3 is 2. The number of nitrogens with one attached hydrogen (secondary N) is 1. The number of aromatic nitrogens is 1. The number of carbonyl (C=O) groups excluding carboxylic acids is 4. The molecule has 2 amide bonds. The molecule has 54 heavy (non-hydrogen) atoms. The fraction of sp³-hybridized carbons (Fsp3) is 0.425. The van der Waals surface area contributed by atoms with E-state index in [0.717, 1.165) is 17.0 Å². The highest BCUT2D eigenvalue weighted by molar-refractivity contribution is 7.98. The first-order chi connectivity index (χ1) is 25.9. The van der Waals surface area contributed by atoms with Gasteiger partial charge in [0.25, 0.3) is 5.56 Å². The molecule has 1 aromatic heterocycles. The van der Waals surface area contributed by atoms with Gasteiger partial charge in [-0.25, -0.2) is 0 Å². The van der Waals surface area contributed by atoms with Gasteiger partial charge < -0.3 is 34.1 Å². The molecule has 1 spiro atoms. The van der Waals surface area contributed by atoms with E-state index in [-0.39, 0.29) is 82.5 Å². The number of nitrogens with zero attached hydrogens (tertiary/aromatic N) is 2. The van der Waals surface area contributed by atoms with E-state index >= 15 is 0 Å². The lowest BCUT2D eigenvalue weighted by Gasteiger charge is -2.42. The number of fused-ring (bicyclic) bond motifs is 5. The average Bonchev–Trinajstić information content (AvgIpc) is 3.48. The smallest absolute Gasteiger partial charge is 0.250 e. The fourth-order valence-electron chi connectivity index (χ4n) is 8.59. The van der Waals surface area contributed by atoms with E-state index in [1.54, 1.807) is 31.2 Å². The maximum absolute atomic E-state index is 14.4. The van der Waals surface area contributed by atoms with Crippen LogP contribution in [0, 0.1) is 11.8 Å². The van der Waals surface area contributed by atoms with E-state index in [9.17, 15) is 29.1 Å². The van der Waals surface area contributed by atoms with Gasteiger partial charge >= 0.3 is 0 Å². The van der Waals surface area contributed by atoms with Crippen molar-refractivity contribution < 1.29 is 38.5 Å². The summed E-state index contributed by atoms with van der Waals surface area (Å²) in [5.41, 5.74) is -0.575. The number of rotatable bonds is 10. The Hall–Kier alpha value is -4.75. The standard InChI is InChI=1S/C40H42ClN3O9S/c1-21-14-28(45)34(38(49)40(21)39(50)35-29(51-2)17-30(52-3)36(41)37(35)53-40)26(23-8-10-25(54-4)11-9-23)16-31(46)42-13-12-32(47)43-18-22-15-24(20-43)27-6-5-7-33(48)44(27)19-22/h5-11,17,21-22,24,26,49H,12-16,18-20H2,1-4H3,(H,42,46)/t21?,22-,24+,26?,40?/m1/s1. The quantitative estimate of drug-likeness (QED) is 0.260. The van der Waals surface area contributed by atoms with Crippen LogP contribution in [0.15, 0.2) is 69.6 Å². The Labute approximate surface area is 321 Å². The number of halogens is 1. The average molecular weight is 776 g/mol. The second-order valence-electron chi connectivity index (χ2n) is 14.4. The van der Waals surface area contributed by atoms with Crippen LogP contribution in [0.3, 0.4) is 0 Å². The number of ether oxygens (including phenoxy) is 3. The predicted octanol–water partition coefficient (Wildman–Crippen LogP) is 5.30. The number of hydrogen-bond donors (Lipinski definition) is 2. The van der Waals surface area contributed by atoms with Gasteiger partial charge in [-0.05, 0) is 42.4 Å². The summed E-state index contributed by atoms with van der Waals surface area (Å²) in [5.74, 6) is -3.35. The summed E-state index contributed by atoms with van der Waals surface area (Å²) in [4.78, 5) is 70.6. The van der Waals surface area contributed by atoms with Crippen molar-refractivity contribution in [2.45, 2.75) is 61.5 Å². The molecule has 1 aliphatic carbocycles. The molecule has 284 valence electrons. The number of hydrogen-bond acceptors (Lipinski definition) is 10. The second-order valence-corrected chi connectivity index (χ2v) is 15.6. The number of amides is 2. The number of aliphatic hydroxyl groups is 1. The van der Waals surface area contributed by atoms with Crippen molar-refractivity contribution in [2.24, 2.45) is 11.8 Å². The number of aliphatic hydroxyl groups excluding tert-OH is 1. The third-order valence-corrected chi connectivity index (χ3v) is 12.4. The molecule has 4 aliphatic rings. The van der Waals surface area contributed by atoms with Crippen LogP contribution in [0.2, 0.25) is 5.02 Å². The van der Waals surface area contributed by atoms with Crippen molar-refractivity contribution in [1.29, 1.82) is 0 Å². The lowest BCUT2D eigenvalue weighted by atomic mass is 9.69. The van der Waals surface area contributed by atoms with Gasteiger partial charge in [0.1, 0.15) is 22.1 Å². The first-order valence-corrected chi connectivity index (χ1v) is 19.5. The topological polar surface area (TPSA) is 153 Å². The van der Waals surface area contributed by atoms with Crippen molar-refractivity contribution in [2.75, 3.05) is 40.1 Å². The van der Waals surface area contributed by atoms with Crippen molar-refractivity contribution >= 4 is 46.7 Å². The van der Waals surface area contributed by atoms with Gasteiger partial charge in [-0.2, -0.15) is 0 Å². The zero-order chi connectivity index (χ0) is 38.5. The highest BCUT2D eigenvalue weighted by atomic mass is 35.5. The number of Topliss-reactive ketones (excluding diaryl/α,β-unsaturated/α-hetero) is 2. The van der Waals surface area contributed by atoms with E-state index < -0.39 is 40.7 Å². The van der Waals surface area contributed by atoms with E-state index in [1.807, 2.05) is 33.9 Å². The molecule has 5 atom stereocenters. The second kappa shape index (κ2) is 14.8. The predicted molar refractivity (Wildman–Crippen MR) is 202 cm³/mol. The summed E-state index contributed by atoms with van der Waals surface area (Å²) < 4.78 is 19.0. The fourth-order valence-corrected chi connectivity index (χ4v) is 9.26. The van der Waals surface area contributed by atoms with Crippen molar-refractivity contribution in [3.63, 3.8) is 0 Å². The molecule has 4 heterocycles. The highest BCUT2D eigenvalue weighted by Gasteiger charge is 2.61. The monoisotopic (exact) mass is 775 g/mol. The van der Waals surface area contributed by atoms with Crippen LogP contribution in [-0.4, -0.2) is 83.7 Å². The molecular formula is C40H42ClN3O9S. The Morgan fingerprint density at radius 3 is 2.52 bits per heavy atom. The van der Waals surface area contributed by atoms with Gasteiger partial charge in [0.15, 0.2) is 17.3 Å². The summed E-state index contributed by atoms with van der Waals surface area (Å²) in [6, 6.07) is 14.0. The summed E-state index contributed by atoms with van der Waals surface area (Å²) in [6.07, 6.45) is 2.52. The molecule has 3 aliphatic heterocycles. The zero-order valence-electron chi connectivity index (χ0n) is 30.5. The molecule has 1 saturated heterocycles. The Kier molecular flexibility index (Phi) is 10.3. The first-order valence-electron chi connectivity index (χ1n) is 17.9. The minimum atomic E-state index is -2.00. The normalized spacial score (nSPS) is 23.4. The summed E-state index contributed by atoms with van der Waals surface area (Å²) in [5, 5.41) is 15.0. The molecule has 2 bridgehead atoms. The largest absolute Gasteiger partial charge is 0.507 e. The van der Waals surface area contributed by atoms with Crippen LogP contribution in [-0.2, 0) is 20.9 Å². The van der Waals surface area contributed by atoms with E-state index in [2.05, 4.69) is 5.32 Å². The number of thioether (sulfide) groups is 1. The van der Waals surface area contributed by atoms with Crippen LogP contribution in [0.1, 0.15) is 66.1 Å². The van der Waals surface area contributed by atoms with Crippen LogP contribution in [0.25, 0.3) is 0 Å². The number of likely N-dealkylation sites (tertiary alicyclic amines) is 1. The number of ketones is 2. The van der Waals surface area contributed by atoms with Crippen LogP contribution in [0.4, 0.5) is 0 Å². The Bertz CT molecular complexity index is 2130. The maximum Gasteiger partial charge on any atom is 0.250 e. The maximum atomic E-state index is 14.4. The van der Waals surface area contributed by atoms with E-state index in [4.69, 9.17) is 25.8 Å². The minimum absolute atomic E-state index is 0.0168. The SMILES string of the molecule is COc1cc(OC)c2c(c1Cl)OC1(C2=O)C(O)=C(C(CC(=O)NCCC(=O)N2C[C@H]3C[C@@H](C2)c2cccc(=O)n2C3)c2ccc(SC)cc2)C(=O)CC1C. The van der Waals surface area contributed by atoms with Crippen molar-refractivity contribution in [1.82, 2.24) is 14.8 Å². The molecule has 0 saturated carbocycles. The van der Waals surface area contributed by atoms with Gasteiger partial charge in [-0.15, -0.1) is 11.8 Å². The van der Waals surface area contributed by atoms with Gasteiger partial charge in [-0.1, -0.05) is 36.7 Å². The van der Waals surface area contributed by atoms with E-state index in [0.29, 0.717) is 25.2 Å². The summed E-state index contributed by atoms with van der Waals surface area (Å²) in [7, 11) is 2.80. The molecule has 0 radical (unpaired) electrons. The van der Waals surface area contributed by atoms with Gasteiger partial charge in [0, 0.05) is 91.5 Å². The lowest BCUT2D eigenvalue weighted by Crippen LogP contribution is -2.53. The van der Waals surface area contributed by atoms with Gasteiger partial charge in [-0.3, -0.25) is 24.0 Å². The summed E-state index contributed by atoms with van der Waals surface area (Å²) >= 11 is 8.15. The van der Waals surface area contributed by atoms with Gasteiger partial charge in [0.05, 0.1) is 14.2 Å². The van der Waals surface area contributed by atoms with Crippen molar-refractivity contribution in [3.8, 4) is 17.2 Å². The summed E-state index contributed by atoms with van der Waals surface area (Å²) in [6.45, 7) is 3.33. The molecule has 2 aromatic carbocycles. The minimum Gasteiger partial charge on any atom is -0.507 e. The molecule has 3 unspecified atom stereocenters. The molecular weight excluding hydrogens is 734 g/mol. The van der Waals surface area contributed by atoms with Crippen LogP contribution < -0.4 is 25.1 Å². The molecule has 12 nitrogen and oxygen atoms in total. The first kappa shape index (κ1) is 37.6. The van der Waals surface area contributed by atoms with Crippen LogP contribution in [0.5, 0.6) is 17.2 Å². The highest BCUT2D eigenvalue weighted by Crippen LogP contribution is 2.56. The Balaban J connectivity index is 1.13. The van der Waals surface area contributed by atoms with Crippen LogP contribution >= 0.6 is 23.4 Å². The Morgan fingerprint density at radius 2 is 1.81 bits per heavy atom. The Morgan fingerprint density at radius 1 is 1.07 bits per heavy atom. The third-order valence-electron chi connectivity index (χ3n) is 11.3. The number of carbonyl (C=O) groups is 4. The molecule has 1 fully saturated rings. The van der Waals surface area contributed by atoms with Gasteiger partial charge in [0.2, 0.25) is 23.2 Å². The number of pyridine rings is 1. The molecule has 2 N–H and O–H groups in total. The van der Waals surface area contributed by atoms with Crippen molar-refractivity contribution in [3.05, 3.63) is 92.1 Å². The number of piperidine rings is 1. The molecule has 7 rings (SSSR count). The number of benzene rings is 2. The molecule has 14 heteroatoms. The molecule has 3 aromatic rings.